The molecule has 0 radical (unpaired) electrons. The monoisotopic (exact) mass is 459 g/mol. The smallest absolute Gasteiger partial charge is 0.223 e. The second-order valence-electron chi connectivity index (χ2n) is 11.4. The molecule has 4 saturated carbocycles. The molecule has 34 heavy (non-hydrogen) atoms. The third-order valence-corrected chi connectivity index (χ3v) is 9.13. The summed E-state index contributed by atoms with van der Waals surface area (Å²) in [5.74, 6) is 2.17. The maximum absolute atomic E-state index is 13.8. The number of amides is 1. The van der Waals surface area contributed by atoms with Crippen molar-refractivity contribution in [2.45, 2.75) is 57.0 Å². The SMILES string of the molecule is C[C@]12CC3CC(C1)[C@](CC(=O)N1CC(Oc4ccc(C#N)cn4)C1)(c1ccc(F)cc1)C(C3)C2. The molecule has 1 aromatic carbocycles. The van der Waals surface area contributed by atoms with Gasteiger partial charge in [-0.1, -0.05) is 19.1 Å². The number of carbonyl (C=O) groups excluding carboxylic acids is 1. The van der Waals surface area contributed by atoms with Crippen LogP contribution >= 0.6 is 0 Å². The minimum atomic E-state index is -0.222. The van der Waals surface area contributed by atoms with Gasteiger partial charge in [0.1, 0.15) is 18.0 Å². The number of pyridine rings is 1. The van der Waals surface area contributed by atoms with E-state index in [9.17, 15) is 9.18 Å². The summed E-state index contributed by atoms with van der Waals surface area (Å²) in [7, 11) is 0. The number of aromatic nitrogens is 1. The molecule has 1 aromatic heterocycles. The Morgan fingerprint density at radius 1 is 1.15 bits per heavy atom. The van der Waals surface area contributed by atoms with Crippen LogP contribution < -0.4 is 4.74 Å². The van der Waals surface area contributed by atoms with E-state index in [1.807, 2.05) is 23.1 Å². The van der Waals surface area contributed by atoms with Crippen molar-refractivity contribution in [2.75, 3.05) is 13.1 Å². The standard InChI is InChI=1S/C28H30FN3O2/c1-27-10-19-8-21(11-27)28(22(9-19)12-27,20-3-5-23(29)6-4-20)13-26(33)32-16-24(17-32)34-25-7-2-18(14-30)15-31-25/h2-7,15,19,21-22,24H,8-13,16-17H2,1H3/t19?,21?,22?,27-,28-. The number of nitrogens with zero attached hydrogens (tertiary/aromatic N) is 3. The predicted molar refractivity (Wildman–Crippen MR) is 124 cm³/mol. The van der Waals surface area contributed by atoms with Crippen LogP contribution in [0.4, 0.5) is 4.39 Å². The lowest BCUT2D eigenvalue weighted by Gasteiger charge is -2.65. The van der Waals surface area contributed by atoms with Crippen molar-refractivity contribution >= 4 is 5.91 Å². The first-order valence-electron chi connectivity index (χ1n) is 12.4. The number of benzene rings is 1. The molecule has 2 atom stereocenters. The summed E-state index contributed by atoms with van der Waals surface area (Å²) in [6.07, 6.45) is 7.95. The molecule has 1 saturated heterocycles. The zero-order valence-corrected chi connectivity index (χ0v) is 19.5. The van der Waals surface area contributed by atoms with Crippen molar-refractivity contribution in [1.29, 1.82) is 5.26 Å². The normalized spacial score (nSPS) is 33.9. The quantitative estimate of drug-likeness (QED) is 0.641. The van der Waals surface area contributed by atoms with E-state index in [1.54, 1.807) is 24.3 Å². The fourth-order valence-corrected chi connectivity index (χ4v) is 7.88. The van der Waals surface area contributed by atoms with Gasteiger partial charge in [-0.25, -0.2) is 9.37 Å². The van der Waals surface area contributed by atoms with Crippen molar-refractivity contribution in [1.82, 2.24) is 9.88 Å². The molecule has 5 fully saturated rings. The summed E-state index contributed by atoms with van der Waals surface area (Å²) in [4.78, 5) is 19.6. The molecular formula is C28H30FN3O2. The third-order valence-electron chi connectivity index (χ3n) is 9.13. The Balaban J connectivity index is 1.19. The highest BCUT2D eigenvalue weighted by Crippen LogP contribution is 2.68. The Morgan fingerprint density at radius 3 is 2.44 bits per heavy atom. The molecule has 2 unspecified atom stereocenters. The molecule has 7 rings (SSSR count). The minimum absolute atomic E-state index is 0.0800. The number of rotatable bonds is 5. The summed E-state index contributed by atoms with van der Waals surface area (Å²) in [6, 6.07) is 12.4. The van der Waals surface area contributed by atoms with E-state index in [2.05, 4.69) is 11.9 Å². The molecule has 5 nitrogen and oxygen atoms in total. The lowest BCUT2D eigenvalue weighted by atomic mass is 9.39. The number of nitriles is 1. The largest absolute Gasteiger partial charge is 0.471 e. The molecule has 5 aliphatic rings. The highest BCUT2D eigenvalue weighted by Gasteiger charge is 2.62. The van der Waals surface area contributed by atoms with Gasteiger partial charge >= 0.3 is 0 Å². The van der Waals surface area contributed by atoms with E-state index in [0.717, 1.165) is 11.5 Å². The highest BCUT2D eigenvalue weighted by molar-refractivity contribution is 5.79. The van der Waals surface area contributed by atoms with E-state index in [-0.39, 0.29) is 23.2 Å². The maximum atomic E-state index is 13.8. The minimum Gasteiger partial charge on any atom is -0.471 e. The third kappa shape index (κ3) is 3.48. The lowest BCUT2D eigenvalue weighted by Crippen LogP contribution is -2.62. The van der Waals surface area contributed by atoms with E-state index in [1.165, 1.54) is 38.3 Å². The summed E-state index contributed by atoms with van der Waals surface area (Å²) < 4.78 is 19.7. The van der Waals surface area contributed by atoms with Crippen molar-refractivity contribution in [2.24, 2.45) is 23.2 Å². The van der Waals surface area contributed by atoms with Crippen LogP contribution in [0, 0.1) is 40.3 Å². The van der Waals surface area contributed by atoms with Crippen LogP contribution in [0.2, 0.25) is 0 Å². The van der Waals surface area contributed by atoms with Gasteiger partial charge in [0.25, 0.3) is 0 Å². The van der Waals surface area contributed by atoms with Crippen LogP contribution in [0.25, 0.3) is 0 Å². The van der Waals surface area contributed by atoms with Crippen molar-refractivity contribution in [3.63, 3.8) is 0 Å². The van der Waals surface area contributed by atoms with E-state index >= 15 is 0 Å². The zero-order valence-electron chi connectivity index (χ0n) is 19.5. The number of carbonyl (C=O) groups is 1. The Labute approximate surface area is 199 Å². The van der Waals surface area contributed by atoms with Gasteiger partial charge in [0.2, 0.25) is 11.8 Å². The van der Waals surface area contributed by atoms with Crippen LogP contribution in [0.3, 0.4) is 0 Å². The molecule has 1 amide bonds. The van der Waals surface area contributed by atoms with Crippen molar-refractivity contribution in [3.05, 3.63) is 59.5 Å². The Morgan fingerprint density at radius 2 is 1.85 bits per heavy atom. The molecule has 2 aromatic rings. The van der Waals surface area contributed by atoms with Crippen LogP contribution in [0.5, 0.6) is 5.88 Å². The first-order valence-corrected chi connectivity index (χ1v) is 12.4. The van der Waals surface area contributed by atoms with Gasteiger partial charge in [-0.3, -0.25) is 4.79 Å². The van der Waals surface area contributed by atoms with Crippen molar-refractivity contribution < 1.29 is 13.9 Å². The first-order chi connectivity index (χ1) is 16.4. The first kappa shape index (κ1) is 21.6. The molecule has 0 spiro atoms. The van der Waals surface area contributed by atoms with Gasteiger partial charge in [0.15, 0.2) is 0 Å². The Kier molecular flexibility index (Phi) is 4.95. The molecule has 2 heterocycles. The summed E-state index contributed by atoms with van der Waals surface area (Å²) in [5, 5.41) is 8.91. The average Bonchev–Trinajstić information content (AvgIpc) is 2.78. The number of hydrogen-bond acceptors (Lipinski definition) is 4. The van der Waals surface area contributed by atoms with Crippen LogP contribution in [-0.2, 0) is 10.2 Å². The molecule has 4 bridgehead atoms. The fourth-order valence-electron chi connectivity index (χ4n) is 7.88. The zero-order chi connectivity index (χ0) is 23.5. The molecular weight excluding hydrogens is 429 g/mol. The number of likely N-dealkylation sites (tertiary alicyclic amines) is 1. The Hall–Kier alpha value is -2.94. The lowest BCUT2D eigenvalue weighted by molar-refractivity contribution is -0.152. The summed E-state index contributed by atoms with van der Waals surface area (Å²) in [5.41, 5.74) is 1.84. The number of hydrogen-bond donors (Lipinski definition) is 0. The van der Waals surface area contributed by atoms with Crippen LogP contribution in [-0.4, -0.2) is 35.0 Å². The predicted octanol–water partition coefficient (Wildman–Crippen LogP) is 4.86. The number of halogens is 1. The van der Waals surface area contributed by atoms with Crippen LogP contribution in [0.1, 0.15) is 56.6 Å². The van der Waals surface area contributed by atoms with E-state index in [4.69, 9.17) is 10.00 Å². The number of ether oxygens (including phenoxy) is 1. The van der Waals surface area contributed by atoms with E-state index < -0.39 is 0 Å². The van der Waals surface area contributed by atoms with Crippen LogP contribution in [0.15, 0.2) is 42.6 Å². The molecule has 176 valence electrons. The molecule has 0 N–H and O–H groups in total. The molecule has 4 aliphatic carbocycles. The van der Waals surface area contributed by atoms with Gasteiger partial charge < -0.3 is 9.64 Å². The molecule has 6 heteroatoms. The second-order valence-corrected chi connectivity index (χ2v) is 11.4. The summed E-state index contributed by atoms with van der Waals surface area (Å²) >= 11 is 0. The van der Waals surface area contributed by atoms with Gasteiger partial charge in [-0.05, 0) is 79.0 Å². The van der Waals surface area contributed by atoms with Crippen molar-refractivity contribution in [3.8, 4) is 11.9 Å². The van der Waals surface area contributed by atoms with E-state index in [0.29, 0.717) is 48.2 Å². The highest BCUT2D eigenvalue weighted by atomic mass is 19.1. The summed E-state index contributed by atoms with van der Waals surface area (Å²) in [6.45, 7) is 3.54. The maximum Gasteiger partial charge on any atom is 0.223 e. The van der Waals surface area contributed by atoms with Gasteiger partial charge in [0.05, 0.1) is 18.7 Å². The average molecular weight is 460 g/mol. The van der Waals surface area contributed by atoms with Gasteiger partial charge in [-0.2, -0.15) is 5.26 Å². The topological polar surface area (TPSA) is 66.2 Å². The van der Waals surface area contributed by atoms with Gasteiger partial charge in [-0.15, -0.1) is 0 Å². The second kappa shape index (κ2) is 7.80. The Bertz CT molecular complexity index is 1120. The molecule has 1 aliphatic heterocycles. The fraction of sp³-hybridized carbons (Fsp3) is 0.536. The van der Waals surface area contributed by atoms with Gasteiger partial charge in [0, 0.05) is 24.1 Å².